The molecule has 0 aromatic heterocycles. The molecule has 5 heteroatoms. The normalized spacial score (nSPS) is 11.6. The molecule has 128 valence electrons. The lowest BCUT2D eigenvalue weighted by Gasteiger charge is -2.15. The fraction of sp³-hybridized carbons (Fsp3) is 0.316. The lowest BCUT2D eigenvalue weighted by atomic mass is 10.2. The SMILES string of the molecule is CCOc1ccccc1CS[C@@H](C)C(=O)Nc1ccccc1OC. The number of amides is 1. The van der Waals surface area contributed by atoms with Crippen molar-refractivity contribution >= 4 is 23.4 Å². The quantitative estimate of drug-likeness (QED) is 0.772. The van der Waals surface area contributed by atoms with Crippen molar-refractivity contribution in [3.05, 3.63) is 54.1 Å². The summed E-state index contributed by atoms with van der Waals surface area (Å²) in [5.41, 5.74) is 1.79. The van der Waals surface area contributed by atoms with Gasteiger partial charge in [0.15, 0.2) is 0 Å². The molecule has 0 bridgehead atoms. The zero-order valence-corrected chi connectivity index (χ0v) is 15.1. The Hall–Kier alpha value is -2.14. The number of anilines is 1. The molecule has 1 atom stereocenters. The Labute approximate surface area is 147 Å². The van der Waals surface area contributed by atoms with Crippen molar-refractivity contribution in [2.45, 2.75) is 24.9 Å². The maximum Gasteiger partial charge on any atom is 0.237 e. The van der Waals surface area contributed by atoms with E-state index < -0.39 is 0 Å². The van der Waals surface area contributed by atoms with E-state index in [1.165, 1.54) is 0 Å². The summed E-state index contributed by atoms with van der Waals surface area (Å²) >= 11 is 1.58. The minimum absolute atomic E-state index is 0.0432. The molecule has 1 amide bonds. The van der Waals surface area contributed by atoms with Crippen LogP contribution < -0.4 is 14.8 Å². The predicted octanol–water partition coefficient (Wildman–Crippen LogP) is 4.35. The van der Waals surface area contributed by atoms with Crippen molar-refractivity contribution in [1.29, 1.82) is 0 Å². The highest BCUT2D eigenvalue weighted by Gasteiger charge is 2.16. The van der Waals surface area contributed by atoms with Crippen LogP contribution in [0.2, 0.25) is 0 Å². The lowest BCUT2D eigenvalue weighted by Crippen LogP contribution is -2.22. The van der Waals surface area contributed by atoms with E-state index in [4.69, 9.17) is 9.47 Å². The molecule has 0 unspecified atom stereocenters. The van der Waals surface area contributed by atoms with Crippen LogP contribution in [0.15, 0.2) is 48.5 Å². The average Bonchev–Trinajstić information content (AvgIpc) is 2.61. The van der Waals surface area contributed by atoms with Gasteiger partial charge in [0.05, 0.1) is 24.7 Å². The second-order valence-corrected chi connectivity index (χ2v) is 6.51. The summed E-state index contributed by atoms with van der Waals surface area (Å²) in [7, 11) is 1.59. The van der Waals surface area contributed by atoms with E-state index in [1.54, 1.807) is 18.9 Å². The number of methoxy groups -OCH3 is 1. The standard InChI is InChI=1S/C19H23NO3S/c1-4-23-17-11-7-5-9-15(17)13-24-14(2)19(21)20-16-10-6-8-12-18(16)22-3/h5-12,14H,4,13H2,1-3H3,(H,20,21)/t14-/m0/s1. The number of benzene rings is 2. The van der Waals surface area contributed by atoms with Crippen LogP contribution in [0.1, 0.15) is 19.4 Å². The van der Waals surface area contributed by atoms with Gasteiger partial charge in [-0.2, -0.15) is 0 Å². The lowest BCUT2D eigenvalue weighted by molar-refractivity contribution is -0.115. The summed E-state index contributed by atoms with van der Waals surface area (Å²) in [6.07, 6.45) is 0. The van der Waals surface area contributed by atoms with Gasteiger partial charge in [-0.15, -0.1) is 11.8 Å². The van der Waals surface area contributed by atoms with Crippen LogP contribution >= 0.6 is 11.8 Å². The molecule has 0 aliphatic heterocycles. The van der Waals surface area contributed by atoms with Gasteiger partial charge in [-0.3, -0.25) is 4.79 Å². The summed E-state index contributed by atoms with van der Waals surface area (Å²) in [5.74, 6) is 2.21. The van der Waals surface area contributed by atoms with Gasteiger partial charge in [0.25, 0.3) is 0 Å². The Balaban J connectivity index is 1.95. The average molecular weight is 345 g/mol. The van der Waals surface area contributed by atoms with E-state index in [0.29, 0.717) is 18.0 Å². The van der Waals surface area contributed by atoms with Crippen LogP contribution in [-0.2, 0) is 10.5 Å². The van der Waals surface area contributed by atoms with Crippen LogP contribution in [0, 0.1) is 0 Å². The highest BCUT2D eigenvalue weighted by molar-refractivity contribution is 7.99. The van der Waals surface area contributed by atoms with E-state index in [2.05, 4.69) is 5.32 Å². The first kappa shape index (κ1) is 18.2. The molecule has 0 heterocycles. The van der Waals surface area contributed by atoms with Crippen LogP contribution in [-0.4, -0.2) is 24.9 Å². The molecule has 2 aromatic carbocycles. The minimum Gasteiger partial charge on any atom is -0.495 e. The third-order valence-corrected chi connectivity index (χ3v) is 4.69. The molecular formula is C19H23NO3S. The minimum atomic E-state index is -0.190. The second-order valence-electron chi connectivity index (χ2n) is 5.18. The number of nitrogens with one attached hydrogen (secondary N) is 1. The monoisotopic (exact) mass is 345 g/mol. The van der Waals surface area contributed by atoms with E-state index in [9.17, 15) is 4.79 Å². The number of hydrogen-bond donors (Lipinski definition) is 1. The zero-order valence-electron chi connectivity index (χ0n) is 14.2. The van der Waals surface area contributed by atoms with Crippen LogP contribution in [0.3, 0.4) is 0 Å². The van der Waals surface area contributed by atoms with Gasteiger partial charge in [0.1, 0.15) is 11.5 Å². The van der Waals surface area contributed by atoms with Gasteiger partial charge >= 0.3 is 0 Å². The molecule has 0 aliphatic carbocycles. The first-order valence-electron chi connectivity index (χ1n) is 7.92. The number of carbonyl (C=O) groups is 1. The summed E-state index contributed by atoms with van der Waals surface area (Å²) in [6.45, 7) is 4.50. The summed E-state index contributed by atoms with van der Waals surface area (Å²) in [5, 5.41) is 2.73. The Bertz CT molecular complexity index is 675. The van der Waals surface area contributed by atoms with Gasteiger partial charge < -0.3 is 14.8 Å². The van der Waals surface area contributed by atoms with Crippen LogP contribution in [0.5, 0.6) is 11.5 Å². The number of hydrogen-bond acceptors (Lipinski definition) is 4. The third kappa shape index (κ3) is 4.93. The Morgan fingerprint density at radius 3 is 2.50 bits per heavy atom. The number of ether oxygens (including phenoxy) is 2. The molecule has 0 spiro atoms. The van der Waals surface area contributed by atoms with E-state index in [0.717, 1.165) is 17.1 Å². The van der Waals surface area contributed by atoms with Crippen molar-refractivity contribution in [2.24, 2.45) is 0 Å². The predicted molar refractivity (Wildman–Crippen MR) is 100.0 cm³/mol. The second kappa shape index (κ2) is 9.23. The first-order chi connectivity index (χ1) is 11.7. The molecule has 0 saturated carbocycles. The maximum absolute atomic E-state index is 12.4. The smallest absolute Gasteiger partial charge is 0.237 e. The van der Waals surface area contributed by atoms with Crippen LogP contribution in [0.25, 0.3) is 0 Å². The number of para-hydroxylation sites is 3. The Morgan fingerprint density at radius 2 is 1.79 bits per heavy atom. The molecule has 4 nitrogen and oxygen atoms in total. The first-order valence-corrected chi connectivity index (χ1v) is 8.96. The van der Waals surface area contributed by atoms with E-state index in [1.807, 2.05) is 62.4 Å². The highest BCUT2D eigenvalue weighted by Crippen LogP contribution is 2.27. The largest absolute Gasteiger partial charge is 0.495 e. The van der Waals surface area contributed by atoms with Crippen molar-refractivity contribution < 1.29 is 14.3 Å². The molecule has 1 N–H and O–H groups in total. The van der Waals surface area contributed by atoms with Crippen molar-refractivity contribution in [3.8, 4) is 11.5 Å². The zero-order chi connectivity index (χ0) is 17.4. The molecular weight excluding hydrogens is 322 g/mol. The molecule has 24 heavy (non-hydrogen) atoms. The molecule has 2 aromatic rings. The summed E-state index contributed by atoms with van der Waals surface area (Å²) < 4.78 is 10.9. The van der Waals surface area contributed by atoms with Crippen LogP contribution in [0.4, 0.5) is 5.69 Å². The van der Waals surface area contributed by atoms with Crippen molar-refractivity contribution in [2.75, 3.05) is 19.0 Å². The Kier molecular flexibility index (Phi) is 7.00. The fourth-order valence-electron chi connectivity index (χ4n) is 2.19. The number of rotatable bonds is 8. The number of carbonyl (C=O) groups excluding carboxylic acids is 1. The third-order valence-electron chi connectivity index (χ3n) is 3.50. The molecule has 2 rings (SSSR count). The topological polar surface area (TPSA) is 47.6 Å². The van der Waals surface area contributed by atoms with Gasteiger partial charge in [0.2, 0.25) is 5.91 Å². The molecule has 0 radical (unpaired) electrons. The Morgan fingerprint density at radius 1 is 1.12 bits per heavy atom. The van der Waals surface area contributed by atoms with Gasteiger partial charge in [-0.05, 0) is 32.0 Å². The van der Waals surface area contributed by atoms with Crippen molar-refractivity contribution in [1.82, 2.24) is 0 Å². The van der Waals surface area contributed by atoms with E-state index >= 15 is 0 Å². The summed E-state index contributed by atoms with van der Waals surface area (Å²) in [4.78, 5) is 12.4. The highest BCUT2D eigenvalue weighted by atomic mass is 32.2. The fourth-order valence-corrected chi connectivity index (χ4v) is 3.07. The maximum atomic E-state index is 12.4. The van der Waals surface area contributed by atoms with E-state index in [-0.39, 0.29) is 11.2 Å². The van der Waals surface area contributed by atoms with Crippen molar-refractivity contribution in [3.63, 3.8) is 0 Å². The molecule has 0 saturated heterocycles. The van der Waals surface area contributed by atoms with Gasteiger partial charge in [-0.1, -0.05) is 30.3 Å². The molecule has 0 fully saturated rings. The van der Waals surface area contributed by atoms with Gasteiger partial charge in [0, 0.05) is 11.3 Å². The molecule has 0 aliphatic rings. The summed E-state index contributed by atoms with van der Waals surface area (Å²) in [6, 6.07) is 15.3. The number of thioether (sulfide) groups is 1. The van der Waals surface area contributed by atoms with Gasteiger partial charge in [-0.25, -0.2) is 0 Å².